The standard InChI is InChI=1S/C26H23ClN4O2/c1-16-10-19(8-9-28-16)18-4-6-24(7-5-18)31-25(32)17(2)20-11-21(13-23(27)12-20)22-14-29-26(33-3)30-15-22/h4-15,17H,1-3H3,(H,31,32). The zero-order valence-electron chi connectivity index (χ0n) is 18.5. The third kappa shape index (κ3) is 5.35. The second-order valence-electron chi connectivity index (χ2n) is 7.71. The maximum atomic E-state index is 13.0. The Labute approximate surface area is 197 Å². The van der Waals surface area contributed by atoms with Gasteiger partial charge >= 0.3 is 6.01 Å². The lowest BCUT2D eigenvalue weighted by molar-refractivity contribution is -0.117. The smallest absolute Gasteiger partial charge is 0.316 e. The fraction of sp³-hybridized carbons (Fsp3) is 0.154. The van der Waals surface area contributed by atoms with E-state index in [0.29, 0.717) is 11.0 Å². The molecule has 0 radical (unpaired) electrons. The fourth-order valence-corrected chi connectivity index (χ4v) is 3.72. The molecule has 166 valence electrons. The van der Waals surface area contributed by atoms with Crippen molar-refractivity contribution < 1.29 is 9.53 Å². The molecule has 0 fully saturated rings. The number of ether oxygens (including phenoxy) is 1. The third-order valence-corrected chi connectivity index (χ3v) is 5.56. The topological polar surface area (TPSA) is 77.0 Å². The number of halogens is 1. The summed E-state index contributed by atoms with van der Waals surface area (Å²) in [5.74, 6) is -0.536. The molecule has 0 spiro atoms. The molecule has 0 saturated carbocycles. The van der Waals surface area contributed by atoms with Crippen molar-refractivity contribution >= 4 is 23.2 Å². The van der Waals surface area contributed by atoms with Crippen molar-refractivity contribution in [2.45, 2.75) is 19.8 Å². The van der Waals surface area contributed by atoms with E-state index in [1.807, 2.05) is 62.4 Å². The number of carbonyl (C=O) groups is 1. The minimum absolute atomic E-state index is 0.123. The number of methoxy groups -OCH3 is 1. The van der Waals surface area contributed by atoms with Crippen molar-refractivity contribution in [3.05, 3.63) is 89.5 Å². The first-order valence-electron chi connectivity index (χ1n) is 10.4. The Balaban J connectivity index is 1.50. The Morgan fingerprint density at radius 3 is 2.30 bits per heavy atom. The van der Waals surface area contributed by atoms with Gasteiger partial charge in [0.1, 0.15) is 0 Å². The molecule has 1 atom stereocenters. The fourth-order valence-electron chi connectivity index (χ4n) is 3.47. The molecule has 0 aliphatic carbocycles. The van der Waals surface area contributed by atoms with Gasteiger partial charge in [0.05, 0.1) is 13.0 Å². The summed E-state index contributed by atoms with van der Waals surface area (Å²) in [5.41, 5.74) is 6.25. The lowest BCUT2D eigenvalue weighted by atomic mass is 9.96. The Morgan fingerprint density at radius 1 is 0.909 bits per heavy atom. The van der Waals surface area contributed by atoms with Gasteiger partial charge in [0.2, 0.25) is 5.91 Å². The monoisotopic (exact) mass is 458 g/mol. The van der Waals surface area contributed by atoms with Crippen LogP contribution in [-0.4, -0.2) is 28.0 Å². The molecular formula is C26H23ClN4O2. The molecule has 4 rings (SSSR count). The van der Waals surface area contributed by atoms with Gasteiger partial charge in [0.25, 0.3) is 0 Å². The number of benzene rings is 2. The molecule has 2 aromatic heterocycles. The van der Waals surface area contributed by atoms with Gasteiger partial charge in [-0.1, -0.05) is 29.8 Å². The summed E-state index contributed by atoms with van der Waals surface area (Å²) >= 11 is 6.35. The number of carbonyl (C=O) groups excluding carboxylic acids is 1. The molecule has 0 aliphatic rings. The summed E-state index contributed by atoms with van der Waals surface area (Å²) in [6, 6.07) is 17.6. The second-order valence-corrected chi connectivity index (χ2v) is 8.14. The van der Waals surface area contributed by atoms with Gasteiger partial charge in [-0.15, -0.1) is 0 Å². The maximum absolute atomic E-state index is 13.0. The highest BCUT2D eigenvalue weighted by Gasteiger charge is 2.17. The molecule has 0 aliphatic heterocycles. The molecule has 7 heteroatoms. The highest BCUT2D eigenvalue weighted by molar-refractivity contribution is 6.31. The van der Waals surface area contributed by atoms with E-state index in [1.54, 1.807) is 24.7 Å². The van der Waals surface area contributed by atoms with E-state index in [4.69, 9.17) is 16.3 Å². The first-order chi connectivity index (χ1) is 15.9. The Morgan fingerprint density at radius 2 is 1.64 bits per heavy atom. The van der Waals surface area contributed by atoms with Crippen LogP contribution in [0.15, 0.2) is 73.2 Å². The van der Waals surface area contributed by atoms with E-state index in [1.165, 1.54) is 7.11 Å². The summed E-state index contributed by atoms with van der Waals surface area (Å²) in [6.45, 7) is 3.81. The van der Waals surface area contributed by atoms with Crippen LogP contribution in [0.3, 0.4) is 0 Å². The van der Waals surface area contributed by atoms with E-state index in [2.05, 4.69) is 20.3 Å². The number of rotatable bonds is 6. The van der Waals surface area contributed by atoms with E-state index >= 15 is 0 Å². The van der Waals surface area contributed by atoms with Gasteiger partial charge in [0, 0.05) is 40.6 Å². The van der Waals surface area contributed by atoms with Crippen LogP contribution < -0.4 is 10.1 Å². The number of aromatic nitrogens is 3. The van der Waals surface area contributed by atoms with Crippen LogP contribution >= 0.6 is 11.6 Å². The summed E-state index contributed by atoms with van der Waals surface area (Å²) in [6.07, 6.45) is 5.12. The number of anilines is 1. The number of nitrogens with one attached hydrogen (secondary N) is 1. The van der Waals surface area contributed by atoms with Gasteiger partial charge in [-0.3, -0.25) is 9.78 Å². The van der Waals surface area contributed by atoms with Gasteiger partial charge in [-0.2, -0.15) is 0 Å². The van der Waals surface area contributed by atoms with Crippen LogP contribution in [0.5, 0.6) is 6.01 Å². The lowest BCUT2D eigenvalue weighted by Crippen LogP contribution is -2.18. The Bertz CT molecular complexity index is 1270. The van der Waals surface area contributed by atoms with Crippen molar-refractivity contribution in [2.24, 2.45) is 0 Å². The molecule has 4 aromatic rings. The SMILES string of the molecule is COc1ncc(-c2cc(Cl)cc(C(C)C(=O)Nc3ccc(-c4ccnc(C)c4)cc3)c2)cn1. The van der Waals surface area contributed by atoms with E-state index in [0.717, 1.165) is 39.2 Å². The largest absolute Gasteiger partial charge is 0.467 e. The summed E-state index contributed by atoms with van der Waals surface area (Å²) in [5, 5.41) is 3.53. The zero-order chi connectivity index (χ0) is 23.4. The number of aryl methyl sites for hydroxylation is 1. The molecule has 0 saturated heterocycles. The maximum Gasteiger partial charge on any atom is 0.316 e. The number of pyridine rings is 1. The van der Waals surface area contributed by atoms with E-state index in [-0.39, 0.29) is 5.91 Å². The van der Waals surface area contributed by atoms with Crippen molar-refractivity contribution in [3.63, 3.8) is 0 Å². The zero-order valence-corrected chi connectivity index (χ0v) is 19.3. The van der Waals surface area contributed by atoms with Gasteiger partial charge in [0.15, 0.2) is 0 Å². The average molecular weight is 459 g/mol. The Kier molecular flexibility index (Phi) is 6.66. The first-order valence-corrected chi connectivity index (χ1v) is 10.8. The quantitative estimate of drug-likeness (QED) is 0.388. The lowest BCUT2D eigenvalue weighted by Gasteiger charge is -2.15. The van der Waals surface area contributed by atoms with Crippen LogP contribution in [0.4, 0.5) is 5.69 Å². The van der Waals surface area contributed by atoms with Crippen molar-refractivity contribution in [1.82, 2.24) is 15.0 Å². The molecule has 1 unspecified atom stereocenters. The van der Waals surface area contributed by atoms with Gasteiger partial charge in [-0.05, 0) is 72.5 Å². The number of amides is 1. The third-order valence-electron chi connectivity index (χ3n) is 5.34. The summed E-state index contributed by atoms with van der Waals surface area (Å²) < 4.78 is 5.01. The average Bonchev–Trinajstić information content (AvgIpc) is 2.83. The normalized spacial score (nSPS) is 11.6. The summed E-state index contributed by atoms with van der Waals surface area (Å²) in [7, 11) is 1.51. The minimum Gasteiger partial charge on any atom is -0.467 e. The highest BCUT2D eigenvalue weighted by atomic mass is 35.5. The molecule has 1 N–H and O–H groups in total. The molecule has 33 heavy (non-hydrogen) atoms. The van der Waals surface area contributed by atoms with Crippen LogP contribution in [0.2, 0.25) is 5.02 Å². The molecular weight excluding hydrogens is 436 g/mol. The predicted molar refractivity (Wildman–Crippen MR) is 130 cm³/mol. The van der Waals surface area contributed by atoms with Gasteiger partial charge in [-0.25, -0.2) is 9.97 Å². The highest BCUT2D eigenvalue weighted by Crippen LogP contribution is 2.29. The van der Waals surface area contributed by atoms with Crippen molar-refractivity contribution in [1.29, 1.82) is 0 Å². The molecule has 0 bridgehead atoms. The van der Waals surface area contributed by atoms with Crippen molar-refractivity contribution in [2.75, 3.05) is 12.4 Å². The molecule has 2 heterocycles. The summed E-state index contributed by atoms with van der Waals surface area (Å²) in [4.78, 5) is 25.5. The van der Waals surface area contributed by atoms with Crippen LogP contribution in [0, 0.1) is 6.92 Å². The van der Waals surface area contributed by atoms with Crippen molar-refractivity contribution in [3.8, 4) is 28.3 Å². The second kappa shape index (κ2) is 9.79. The van der Waals surface area contributed by atoms with Crippen LogP contribution in [0.25, 0.3) is 22.3 Å². The molecule has 1 amide bonds. The Hall–Kier alpha value is -3.77. The number of nitrogens with zero attached hydrogens (tertiary/aromatic N) is 3. The van der Waals surface area contributed by atoms with Crippen LogP contribution in [0.1, 0.15) is 24.1 Å². The van der Waals surface area contributed by atoms with Crippen LogP contribution in [-0.2, 0) is 4.79 Å². The number of hydrogen-bond acceptors (Lipinski definition) is 5. The molecule has 6 nitrogen and oxygen atoms in total. The van der Waals surface area contributed by atoms with E-state index in [9.17, 15) is 4.79 Å². The predicted octanol–water partition coefficient (Wildman–Crippen LogP) is 5.92. The number of hydrogen-bond donors (Lipinski definition) is 1. The van der Waals surface area contributed by atoms with E-state index < -0.39 is 5.92 Å². The molecule has 2 aromatic carbocycles. The minimum atomic E-state index is -0.413. The van der Waals surface area contributed by atoms with Gasteiger partial charge < -0.3 is 10.1 Å². The first kappa shape index (κ1) is 22.4.